The zero-order valence-corrected chi connectivity index (χ0v) is 8.97. The molecule has 0 radical (unpaired) electrons. The first-order chi connectivity index (χ1) is 7.11. The van der Waals surface area contributed by atoms with Gasteiger partial charge in [-0.3, -0.25) is 0 Å². The fourth-order valence-corrected chi connectivity index (χ4v) is 2.30. The molecule has 0 saturated carbocycles. The van der Waals surface area contributed by atoms with Crippen LogP contribution in [-0.2, 0) is 11.2 Å². The molecule has 1 aromatic carbocycles. The van der Waals surface area contributed by atoms with Crippen molar-refractivity contribution >= 4 is 11.7 Å². The van der Waals surface area contributed by atoms with Crippen LogP contribution >= 0.6 is 0 Å². The van der Waals surface area contributed by atoms with Gasteiger partial charge < -0.3 is 10.0 Å². The maximum Gasteiger partial charge on any atom is 0.326 e. The summed E-state index contributed by atoms with van der Waals surface area (Å²) in [7, 11) is 0. The smallest absolute Gasteiger partial charge is 0.326 e. The van der Waals surface area contributed by atoms with Crippen LogP contribution in [0.4, 0.5) is 5.69 Å². The van der Waals surface area contributed by atoms with Crippen LogP contribution in [0.5, 0.6) is 0 Å². The van der Waals surface area contributed by atoms with E-state index in [1.807, 2.05) is 23.1 Å². The van der Waals surface area contributed by atoms with E-state index in [4.69, 9.17) is 5.11 Å². The molecule has 1 aliphatic rings. The van der Waals surface area contributed by atoms with Crippen LogP contribution in [0.25, 0.3) is 0 Å². The van der Waals surface area contributed by atoms with E-state index in [9.17, 15) is 4.79 Å². The molecule has 2 atom stereocenters. The summed E-state index contributed by atoms with van der Waals surface area (Å²) in [6, 6.07) is 7.84. The molecule has 2 rings (SSSR count). The third-order valence-corrected chi connectivity index (χ3v) is 3.03. The molecule has 2 unspecified atom stereocenters. The molecular formula is C12H15NO2. The minimum atomic E-state index is -0.765. The van der Waals surface area contributed by atoms with Gasteiger partial charge in [0.15, 0.2) is 0 Å². The Morgan fingerprint density at radius 2 is 2.20 bits per heavy atom. The summed E-state index contributed by atoms with van der Waals surface area (Å²) >= 11 is 0. The molecule has 0 aromatic heterocycles. The molecule has 1 aliphatic heterocycles. The summed E-state index contributed by atoms with van der Waals surface area (Å²) < 4.78 is 0. The predicted molar refractivity (Wildman–Crippen MR) is 59.2 cm³/mol. The zero-order chi connectivity index (χ0) is 11.0. The highest BCUT2D eigenvalue weighted by molar-refractivity contribution is 5.79. The third kappa shape index (κ3) is 1.58. The molecule has 0 spiro atoms. The number of nitrogens with zero attached hydrogens (tertiary/aromatic N) is 1. The summed E-state index contributed by atoms with van der Waals surface area (Å²) in [6.45, 7) is 3.81. The number of carboxylic acid groups (broad SMARTS) is 1. The van der Waals surface area contributed by atoms with Gasteiger partial charge in [0, 0.05) is 11.7 Å². The van der Waals surface area contributed by atoms with E-state index in [1.54, 1.807) is 6.92 Å². The summed E-state index contributed by atoms with van der Waals surface area (Å²) in [5.74, 6) is -0.765. The maximum absolute atomic E-state index is 11.0. The number of hydrogen-bond donors (Lipinski definition) is 1. The monoisotopic (exact) mass is 205 g/mol. The molecule has 0 fully saturated rings. The Hall–Kier alpha value is -1.51. The molecule has 0 amide bonds. The van der Waals surface area contributed by atoms with Crippen LogP contribution < -0.4 is 4.90 Å². The maximum atomic E-state index is 11.0. The van der Waals surface area contributed by atoms with Gasteiger partial charge in [0.2, 0.25) is 0 Å². The molecule has 3 heteroatoms. The number of fused-ring (bicyclic) bond motifs is 1. The molecule has 15 heavy (non-hydrogen) atoms. The van der Waals surface area contributed by atoms with Crippen molar-refractivity contribution in [3.8, 4) is 0 Å². The second-order valence-electron chi connectivity index (χ2n) is 4.10. The highest BCUT2D eigenvalue weighted by Gasteiger charge is 2.32. The Labute approximate surface area is 89.3 Å². The summed E-state index contributed by atoms with van der Waals surface area (Å²) in [4.78, 5) is 13.0. The first-order valence-corrected chi connectivity index (χ1v) is 5.20. The lowest BCUT2D eigenvalue weighted by atomic mass is 10.1. The zero-order valence-electron chi connectivity index (χ0n) is 8.97. The number of benzene rings is 1. The number of anilines is 1. The first-order valence-electron chi connectivity index (χ1n) is 5.20. The van der Waals surface area contributed by atoms with Crippen molar-refractivity contribution in [2.75, 3.05) is 4.90 Å². The van der Waals surface area contributed by atoms with Crippen LogP contribution in [0.1, 0.15) is 19.4 Å². The van der Waals surface area contributed by atoms with E-state index >= 15 is 0 Å². The molecule has 1 aromatic rings. The number of rotatable bonds is 2. The van der Waals surface area contributed by atoms with Gasteiger partial charge in [-0.05, 0) is 31.9 Å². The van der Waals surface area contributed by atoms with Gasteiger partial charge in [-0.15, -0.1) is 0 Å². The van der Waals surface area contributed by atoms with Crippen LogP contribution in [-0.4, -0.2) is 23.2 Å². The van der Waals surface area contributed by atoms with E-state index in [2.05, 4.69) is 13.0 Å². The van der Waals surface area contributed by atoms with Crippen LogP contribution in [0.3, 0.4) is 0 Å². The van der Waals surface area contributed by atoms with Crippen molar-refractivity contribution in [2.45, 2.75) is 32.4 Å². The SMILES string of the molecule is CC1Cc2ccccc2N1C(C)C(=O)O. The second-order valence-corrected chi connectivity index (χ2v) is 4.10. The van der Waals surface area contributed by atoms with Gasteiger partial charge in [-0.25, -0.2) is 4.79 Å². The third-order valence-electron chi connectivity index (χ3n) is 3.03. The van der Waals surface area contributed by atoms with E-state index in [0.717, 1.165) is 12.1 Å². The van der Waals surface area contributed by atoms with Crippen molar-refractivity contribution in [3.05, 3.63) is 29.8 Å². The molecular weight excluding hydrogens is 190 g/mol. The molecule has 0 saturated heterocycles. The summed E-state index contributed by atoms with van der Waals surface area (Å²) in [6.07, 6.45) is 0.938. The van der Waals surface area contributed by atoms with Gasteiger partial charge in [-0.2, -0.15) is 0 Å². The average Bonchev–Trinajstić information content (AvgIpc) is 2.52. The fourth-order valence-electron chi connectivity index (χ4n) is 2.30. The minimum absolute atomic E-state index is 0.272. The molecule has 0 aliphatic carbocycles. The van der Waals surface area contributed by atoms with E-state index < -0.39 is 12.0 Å². The highest BCUT2D eigenvalue weighted by Crippen LogP contribution is 2.33. The quantitative estimate of drug-likeness (QED) is 0.801. The summed E-state index contributed by atoms with van der Waals surface area (Å²) in [5.41, 5.74) is 2.32. The van der Waals surface area contributed by atoms with Crippen LogP contribution in [0.2, 0.25) is 0 Å². The normalized spacial score (nSPS) is 21.2. The molecule has 3 nitrogen and oxygen atoms in total. The first kappa shape index (κ1) is 10.0. The van der Waals surface area contributed by atoms with Crippen molar-refractivity contribution in [1.29, 1.82) is 0 Å². The number of carbonyl (C=O) groups is 1. The number of aliphatic carboxylic acids is 1. The van der Waals surface area contributed by atoms with E-state index in [1.165, 1.54) is 5.56 Å². The standard InChI is InChI=1S/C12H15NO2/c1-8-7-10-5-3-4-6-11(10)13(8)9(2)12(14)15/h3-6,8-9H,7H2,1-2H3,(H,14,15). The lowest BCUT2D eigenvalue weighted by Gasteiger charge is -2.28. The van der Waals surface area contributed by atoms with Crippen molar-refractivity contribution in [1.82, 2.24) is 0 Å². The van der Waals surface area contributed by atoms with Gasteiger partial charge in [-0.1, -0.05) is 18.2 Å². The van der Waals surface area contributed by atoms with Crippen LogP contribution in [0.15, 0.2) is 24.3 Å². The molecule has 1 N–H and O–H groups in total. The van der Waals surface area contributed by atoms with Crippen LogP contribution in [0, 0.1) is 0 Å². The molecule has 0 bridgehead atoms. The Kier molecular flexibility index (Phi) is 2.39. The van der Waals surface area contributed by atoms with E-state index in [-0.39, 0.29) is 6.04 Å². The van der Waals surface area contributed by atoms with Gasteiger partial charge in [0.25, 0.3) is 0 Å². The summed E-state index contributed by atoms with van der Waals surface area (Å²) in [5, 5.41) is 9.04. The number of carboxylic acids is 1. The number of para-hydroxylation sites is 1. The number of hydrogen-bond acceptors (Lipinski definition) is 2. The molecule has 80 valence electrons. The Morgan fingerprint density at radius 3 is 2.87 bits per heavy atom. The Balaban J connectivity index is 2.37. The van der Waals surface area contributed by atoms with Crippen molar-refractivity contribution in [2.24, 2.45) is 0 Å². The fraction of sp³-hybridized carbons (Fsp3) is 0.417. The molecule has 1 heterocycles. The predicted octanol–water partition coefficient (Wildman–Crippen LogP) is 1.91. The topological polar surface area (TPSA) is 40.5 Å². The highest BCUT2D eigenvalue weighted by atomic mass is 16.4. The van der Waals surface area contributed by atoms with Crippen molar-refractivity contribution in [3.63, 3.8) is 0 Å². The largest absolute Gasteiger partial charge is 0.480 e. The lowest BCUT2D eigenvalue weighted by molar-refractivity contribution is -0.138. The minimum Gasteiger partial charge on any atom is -0.480 e. The van der Waals surface area contributed by atoms with Crippen molar-refractivity contribution < 1.29 is 9.90 Å². The Morgan fingerprint density at radius 1 is 1.53 bits per heavy atom. The lowest BCUT2D eigenvalue weighted by Crippen LogP contribution is -2.42. The van der Waals surface area contributed by atoms with Gasteiger partial charge in [0.05, 0.1) is 0 Å². The van der Waals surface area contributed by atoms with Gasteiger partial charge >= 0.3 is 5.97 Å². The second kappa shape index (κ2) is 3.57. The van der Waals surface area contributed by atoms with Gasteiger partial charge in [0.1, 0.15) is 6.04 Å². The Bertz CT molecular complexity index is 389. The average molecular weight is 205 g/mol. The van der Waals surface area contributed by atoms with E-state index in [0.29, 0.717) is 0 Å².